The molecule has 104 valence electrons. The summed E-state index contributed by atoms with van der Waals surface area (Å²) in [6.07, 6.45) is 2.13. The van der Waals surface area contributed by atoms with Gasteiger partial charge in [0, 0.05) is 25.6 Å². The lowest BCUT2D eigenvalue weighted by Gasteiger charge is -2.37. The number of piperidine rings is 1. The fourth-order valence-corrected chi connectivity index (χ4v) is 2.45. The Morgan fingerprint density at radius 2 is 2.06 bits per heavy atom. The van der Waals surface area contributed by atoms with Crippen LogP contribution in [0, 0.1) is 5.92 Å². The molecule has 0 radical (unpaired) electrons. The Hall–Kier alpha value is -1.10. The minimum absolute atomic E-state index is 0.133. The van der Waals surface area contributed by atoms with Crippen LogP contribution in [0.15, 0.2) is 0 Å². The predicted octanol–water partition coefficient (Wildman–Crippen LogP) is 0.786. The van der Waals surface area contributed by atoms with E-state index >= 15 is 0 Å². The first-order chi connectivity index (χ1) is 8.62. The van der Waals surface area contributed by atoms with Crippen molar-refractivity contribution in [3.63, 3.8) is 0 Å². The van der Waals surface area contributed by atoms with Crippen molar-refractivity contribution in [2.24, 2.45) is 5.92 Å². The molecule has 1 fully saturated rings. The molecule has 0 saturated carbocycles. The molecule has 0 aromatic heterocycles. The second-order valence-corrected chi connectivity index (χ2v) is 4.76. The number of amides is 1. The second kappa shape index (κ2) is 7.36. The fraction of sp³-hybridized carbons (Fsp3) is 0.846. The van der Waals surface area contributed by atoms with Crippen LogP contribution < -0.4 is 5.32 Å². The normalized spacial score (nSPS) is 23.8. The van der Waals surface area contributed by atoms with Crippen LogP contribution in [0.2, 0.25) is 0 Å². The summed E-state index contributed by atoms with van der Waals surface area (Å²) in [5.74, 6) is -0.283. The first-order valence-electron chi connectivity index (χ1n) is 6.71. The van der Waals surface area contributed by atoms with Crippen LogP contribution >= 0.6 is 0 Å². The molecular formula is C13H24N2O3. The molecule has 0 spiro atoms. The van der Waals surface area contributed by atoms with E-state index in [4.69, 9.17) is 4.74 Å². The van der Waals surface area contributed by atoms with Gasteiger partial charge in [-0.3, -0.25) is 9.59 Å². The van der Waals surface area contributed by atoms with Crippen LogP contribution in [0.4, 0.5) is 0 Å². The second-order valence-electron chi connectivity index (χ2n) is 4.76. The lowest BCUT2D eigenvalue weighted by Crippen LogP contribution is -2.52. The van der Waals surface area contributed by atoms with Gasteiger partial charge in [0.05, 0.1) is 13.0 Å². The number of rotatable bonds is 5. The fourth-order valence-electron chi connectivity index (χ4n) is 2.45. The number of hydrogen-bond donors (Lipinski definition) is 1. The van der Waals surface area contributed by atoms with Gasteiger partial charge in [-0.25, -0.2) is 0 Å². The van der Waals surface area contributed by atoms with E-state index in [-0.39, 0.29) is 23.8 Å². The molecule has 1 N–H and O–H groups in total. The maximum Gasteiger partial charge on any atom is 0.310 e. The van der Waals surface area contributed by atoms with E-state index < -0.39 is 0 Å². The minimum Gasteiger partial charge on any atom is -0.469 e. The van der Waals surface area contributed by atoms with E-state index in [0.717, 1.165) is 19.4 Å². The van der Waals surface area contributed by atoms with Crippen molar-refractivity contribution < 1.29 is 14.3 Å². The topological polar surface area (TPSA) is 58.6 Å². The highest BCUT2D eigenvalue weighted by molar-refractivity contribution is 5.78. The van der Waals surface area contributed by atoms with E-state index in [0.29, 0.717) is 19.5 Å². The largest absolute Gasteiger partial charge is 0.469 e. The number of likely N-dealkylation sites (tertiary alicyclic amines) is 1. The number of carbonyl (C=O) groups is 2. The molecule has 1 amide bonds. The summed E-state index contributed by atoms with van der Waals surface area (Å²) in [5, 5.41) is 3.32. The zero-order valence-corrected chi connectivity index (χ0v) is 11.6. The zero-order valence-electron chi connectivity index (χ0n) is 11.6. The van der Waals surface area contributed by atoms with Gasteiger partial charge in [0.2, 0.25) is 5.91 Å². The lowest BCUT2D eigenvalue weighted by atomic mass is 9.94. The monoisotopic (exact) mass is 256 g/mol. The van der Waals surface area contributed by atoms with Gasteiger partial charge in [-0.15, -0.1) is 0 Å². The highest BCUT2D eigenvalue weighted by Crippen LogP contribution is 2.19. The van der Waals surface area contributed by atoms with E-state index in [1.807, 2.05) is 13.8 Å². The van der Waals surface area contributed by atoms with Gasteiger partial charge in [0.25, 0.3) is 0 Å². The van der Waals surface area contributed by atoms with Crippen molar-refractivity contribution in [1.29, 1.82) is 0 Å². The van der Waals surface area contributed by atoms with Gasteiger partial charge in [0.15, 0.2) is 0 Å². The Morgan fingerprint density at radius 1 is 1.33 bits per heavy atom. The van der Waals surface area contributed by atoms with Crippen LogP contribution in [-0.4, -0.2) is 49.6 Å². The number of likely N-dealkylation sites (N-methyl/N-ethyl adjacent to an activating group) is 1. The molecule has 0 aliphatic carbocycles. The first-order valence-corrected chi connectivity index (χ1v) is 6.71. The van der Waals surface area contributed by atoms with Gasteiger partial charge in [-0.05, 0) is 19.4 Å². The zero-order chi connectivity index (χ0) is 13.5. The number of ether oxygens (including phenoxy) is 1. The van der Waals surface area contributed by atoms with Crippen LogP contribution in [0.5, 0.6) is 0 Å². The van der Waals surface area contributed by atoms with Gasteiger partial charge < -0.3 is 15.0 Å². The molecule has 1 aliphatic rings. The van der Waals surface area contributed by atoms with Crippen molar-refractivity contribution in [3.05, 3.63) is 0 Å². The Balaban J connectivity index is 2.67. The lowest BCUT2D eigenvalue weighted by molar-refractivity contribution is -0.149. The number of carbonyl (C=O) groups excluding carboxylic acids is 2. The molecule has 1 aliphatic heterocycles. The van der Waals surface area contributed by atoms with E-state index in [1.165, 1.54) is 7.11 Å². The molecule has 1 rings (SSSR count). The van der Waals surface area contributed by atoms with Crippen LogP contribution in [0.3, 0.4) is 0 Å². The van der Waals surface area contributed by atoms with Gasteiger partial charge in [-0.1, -0.05) is 13.8 Å². The van der Waals surface area contributed by atoms with Crippen molar-refractivity contribution in [2.45, 2.75) is 39.2 Å². The molecule has 0 bridgehead atoms. The summed E-state index contributed by atoms with van der Waals surface area (Å²) in [6.45, 7) is 6.04. The van der Waals surface area contributed by atoms with Gasteiger partial charge in [-0.2, -0.15) is 0 Å². The maximum atomic E-state index is 12.0. The predicted molar refractivity (Wildman–Crippen MR) is 69.1 cm³/mol. The molecular weight excluding hydrogens is 232 g/mol. The van der Waals surface area contributed by atoms with Crippen LogP contribution in [-0.2, 0) is 14.3 Å². The van der Waals surface area contributed by atoms with Crippen LogP contribution in [0.25, 0.3) is 0 Å². The summed E-state index contributed by atoms with van der Waals surface area (Å²) >= 11 is 0. The number of nitrogens with zero attached hydrogens (tertiary/aromatic N) is 1. The number of hydrogen-bond acceptors (Lipinski definition) is 4. The summed E-state index contributed by atoms with van der Waals surface area (Å²) in [6, 6.07) is 0.189. The van der Waals surface area contributed by atoms with Crippen molar-refractivity contribution in [3.8, 4) is 0 Å². The quantitative estimate of drug-likeness (QED) is 0.739. The molecule has 2 unspecified atom stereocenters. The highest BCUT2D eigenvalue weighted by atomic mass is 16.5. The van der Waals surface area contributed by atoms with Crippen LogP contribution in [0.1, 0.15) is 33.1 Å². The standard InChI is InChI=1S/C13H24N2O3/c1-4-6-12(16)15-8-10(13(17)18-3)7-11(9-15)14-5-2/h10-11,14H,4-9H2,1-3H3. The molecule has 5 nitrogen and oxygen atoms in total. The number of methoxy groups -OCH3 is 1. The van der Waals surface area contributed by atoms with Crippen molar-refractivity contribution >= 4 is 11.9 Å². The Morgan fingerprint density at radius 3 is 2.61 bits per heavy atom. The summed E-state index contributed by atoms with van der Waals surface area (Å²) in [5.41, 5.74) is 0. The van der Waals surface area contributed by atoms with Crippen molar-refractivity contribution in [2.75, 3.05) is 26.7 Å². The first kappa shape index (κ1) is 15.0. The summed E-state index contributed by atoms with van der Waals surface area (Å²) in [7, 11) is 1.40. The number of nitrogens with one attached hydrogen (secondary N) is 1. The Kier molecular flexibility index (Phi) is 6.12. The molecule has 18 heavy (non-hydrogen) atoms. The third-order valence-electron chi connectivity index (χ3n) is 3.29. The van der Waals surface area contributed by atoms with Crippen molar-refractivity contribution in [1.82, 2.24) is 10.2 Å². The third kappa shape index (κ3) is 3.98. The van der Waals surface area contributed by atoms with Gasteiger partial charge >= 0.3 is 5.97 Å². The minimum atomic E-state index is -0.216. The highest BCUT2D eigenvalue weighted by Gasteiger charge is 2.33. The summed E-state index contributed by atoms with van der Waals surface area (Å²) in [4.78, 5) is 25.4. The Labute approximate surface area is 109 Å². The number of esters is 1. The average Bonchev–Trinajstić information content (AvgIpc) is 2.38. The smallest absolute Gasteiger partial charge is 0.310 e. The molecule has 1 heterocycles. The average molecular weight is 256 g/mol. The molecule has 1 saturated heterocycles. The molecule has 5 heteroatoms. The van der Waals surface area contributed by atoms with E-state index in [2.05, 4.69) is 5.32 Å². The van der Waals surface area contributed by atoms with E-state index in [9.17, 15) is 9.59 Å². The Bertz CT molecular complexity index is 294. The third-order valence-corrected chi connectivity index (χ3v) is 3.29. The molecule has 0 aromatic carbocycles. The molecule has 0 aromatic rings. The molecule has 2 atom stereocenters. The maximum absolute atomic E-state index is 12.0. The van der Waals surface area contributed by atoms with E-state index in [1.54, 1.807) is 4.90 Å². The SMILES string of the molecule is CCCC(=O)N1CC(NCC)CC(C(=O)OC)C1. The van der Waals surface area contributed by atoms with Gasteiger partial charge in [0.1, 0.15) is 0 Å². The summed E-state index contributed by atoms with van der Waals surface area (Å²) < 4.78 is 4.80.